The average Bonchev–Trinajstić information content (AvgIpc) is 2.55. The number of carbonyl (C=O) groups is 1. The van der Waals surface area contributed by atoms with Gasteiger partial charge in [-0.1, -0.05) is 6.07 Å². The van der Waals surface area contributed by atoms with Crippen molar-refractivity contribution in [2.75, 3.05) is 0 Å². The van der Waals surface area contributed by atoms with E-state index in [4.69, 9.17) is 0 Å². The molecule has 2 rings (SSSR count). The Balaban J connectivity index is 2.13. The number of carbonyl (C=O) groups excluding carboxylic acids is 1. The van der Waals surface area contributed by atoms with E-state index in [1.54, 1.807) is 11.3 Å². The van der Waals surface area contributed by atoms with E-state index in [1.165, 1.54) is 4.88 Å². The van der Waals surface area contributed by atoms with Crippen LogP contribution >= 0.6 is 11.3 Å². The summed E-state index contributed by atoms with van der Waals surface area (Å²) in [6, 6.07) is 4.38. The van der Waals surface area contributed by atoms with Crippen molar-refractivity contribution < 1.29 is 4.79 Å². The van der Waals surface area contributed by atoms with Crippen molar-refractivity contribution in [2.45, 2.75) is 18.9 Å². The smallest absolute Gasteiger partial charge is 0.220 e. The molecule has 58 valence electrons. The molecular weight excluding hydrogens is 158 g/mol. The van der Waals surface area contributed by atoms with Gasteiger partial charge in [-0.3, -0.25) is 4.79 Å². The average molecular weight is 167 g/mol. The van der Waals surface area contributed by atoms with Crippen LogP contribution in [0.15, 0.2) is 17.5 Å². The summed E-state index contributed by atoms with van der Waals surface area (Å²) < 4.78 is 0. The summed E-state index contributed by atoms with van der Waals surface area (Å²) in [7, 11) is 0. The highest BCUT2D eigenvalue weighted by molar-refractivity contribution is 7.10. The zero-order chi connectivity index (χ0) is 7.68. The molecule has 1 saturated heterocycles. The first-order valence-corrected chi connectivity index (χ1v) is 4.57. The molecule has 0 unspecified atom stereocenters. The summed E-state index contributed by atoms with van der Waals surface area (Å²) >= 11 is 1.71. The van der Waals surface area contributed by atoms with Gasteiger partial charge in [-0.05, 0) is 17.9 Å². The lowest BCUT2D eigenvalue weighted by Crippen LogP contribution is -2.17. The van der Waals surface area contributed by atoms with Crippen molar-refractivity contribution in [1.82, 2.24) is 5.32 Å². The van der Waals surface area contributed by atoms with Gasteiger partial charge in [-0.2, -0.15) is 0 Å². The van der Waals surface area contributed by atoms with Gasteiger partial charge in [0.15, 0.2) is 0 Å². The van der Waals surface area contributed by atoms with Crippen LogP contribution in [0.25, 0.3) is 0 Å². The van der Waals surface area contributed by atoms with Crippen LogP contribution in [0.2, 0.25) is 0 Å². The zero-order valence-electron chi connectivity index (χ0n) is 6.04. The maximum Gasteiger partial charge on any atom is 0.220 e. The summed E-state index contributed by atoms with van der Waals surface area (Å²) in [6.45, 7) is 0. The molecule has 1 aliphatic rings. The molecule has 0 aromatic carbocycles. The van der Waals surface area contributed by atoms with E-state index >= 15 is 0 Å². The fourth-order valence-corrected chi connectivity index (χ4v) is 2.13. The Labute approximate surface area is 69.2 Å². The van der Waals surface area contributed by atoms with Crippen molar-refractivity contribution in [3.8, 4) is 0 Å². The molecule has 2 heterocycles. The molecule has 0 spiro atoms. The fraction of sp³-hybridized carbons (Fsp3) is 0.375. The van der Waals surface area contributed by atoms with Gasteiger partial charge in [0.1, 0.15) is 0 Å². The summed E-state index contributed by atoms with van der Waals surface area (Å²) in [5.74, 6) is 0.184. The van der Waals surface area contributed by atoms with E-state index in [2.05, 4.69) is 11.4 Å². The zero-order valence-corrected chi connectivity index (χ0v) is 6.86. The minimum atomic E-state index is 0.184. The van der Waals surface area contributed by atoms with Crippen LogP contribution in [-0.4, -0.2) is 5.91 Å². The Hall–Kier alpha value is -0.830. The lowest BCUT2D eigenvalue weighted by molar-refractivity contribution is -0.119. The van der Waals surface area contributed by atoms with E-state index < -0.39 is 0 Å². The molecule has 2 nitrogen and oxygen atoms in total. The monoisotopic (exact) mass is 167 g/mol. The fourth-order valence-electron chi connectivity index (χ4n) is 1.32. The van der Waals surface area contributed by atoms with Crippen LogP contribution in [0.4, 0.5) is 0 Å². The third-order valence-electron chi connectivity index (χ3n) is 1.88. The van der Waals surface area contributed by atoms with Crippen LogP contribution in [0.1, 0.15) is 23.8 Å². The topological polar surface area (TPSA) is 29.1 Å². The second-order valence-electron chi connectivity index (χ2n) is 2.67. The van der Waals surface area contributed by atoms with Crippen molar-refractivity contribution in [3.05, 3.63) is 22.4 Å². The first-order valence-electron chi connectivity index (χ1n) is 3.69. The standard InChI is InChI=1S/C8H9NOS/c10-8-4-3-6(9-8)7-2-1-5-11-7/h1-2,5-6H,3-4H2,(H,9,10)/t6-/m1/s1. The molecule has 1 N–H and O–H groups in total. The molecular formula is C8H9NOS. The molecule has 1 aromatic rings. The lowest BCUT2D eigenvalue weighted by Gasteiger charge is -2.04. The number of rotatable bonds is 1. The van der Waals surface area contributed by atoms with Gasteiger partial charge < -0.3 is 5.32 Å². The normalized spacial score (nSPS) is 23.6. The first kappa shape index (κ1) is 6.85. The van der Waals surface area contributed by atoms with Gasteiger partial charge in [0.2, 0.25) is 5.91 Å². The summed E-state index contributed by atoms with van der Waals surface area (Å²) in [4.78, 5) is 12.1. The minimum Gasteiger partial charge on any atom is -0.348 e. The Morgan fingerprint density at radius 2 is 2.55 bits per heavy atom. The van der Waals surface area contributed by atoms with Crippen molar-refractivity contribution in [1.29, 1.82) is 0 Å². The Kier molecular flexibility index (Phi) is 1.66. The van der Waals surface area contributed by atoms with E-state index in [1.807, 2.05) is 11.4 Å². The van der Waals surface area contributed by atoms with E-state index in [9.17, 15) is 4.79 Å². The molecule has 1 aliphatic heterocycles. The Morgan fingerprint density at radius 3 is 3.09 bits per heavy atom. The number of nitrogens with one attached hydrogen (secondary N) is 1. The first-order chi connectivity index (χ1) is 5.36. The third-order valence-corrected chi connectivity index (χ3v) is 2.87. The Morgan fingerprint density at radius 1 is 1.64 bits per heavy atom. The summed E-state index contributed by atoms with van der Waals surface area (Å²) in [5.41, 5.74) is 0. The minimum absolute atomic E-state index is 0.184. The van der Waals surface area contributed by atoms with Gasteiger partial charge in [0.05, 0.1) is 6.04 Å². The molecule has 3 heteroatoms. The van der Waals surface area contributed by atoms with Gasteiger partial charge in [-0.15, -0.1) is 11.3 Å². The van der Waals surface area contributed by atoms with Gasteiger partial charge in [0.25, 0.3) is 0 Å². The quantitative estimate of drug-likeness (QED) is 0.677. The van der Waals surface area contributed by atoms with Crippen LogP contribution in [0.5, 0.6) is 0 Å². The van der Waals surface area contributed by atoms with Crippen LogP contribution in [0.3, 0.4) is 0 Å². The lowest BCUT2D eigenvalue weighted by atomic mass is 10.2. The largest absolute Gasteiger partial charge is 0.348 e. The highest BCUT2D eigenvalue weighted by Gasteiger charge is 2.22. The maximum absolute atomic E-state index is 10.8. The molecule has 0 bridgehead atoms. The summed E-state index contributed by atoms with van der Waals surface area (Å²) in [6.07, 6.45) is 1.64. The van der Waals surface area contributed by atoms with E-state index in [0.29, 0.717) is 12.5 Å². The molecule has 0 radical (unpaired) electrons. The number of hydrogen-bond acceptors (Lipinski definition) is 2. The Bertz CT molecular complexity index is 255. The molecule has 1 aromatic heterocycles. The summed E-state index contributed by atoms with van der Waals surface area (Å²) in [5, 5.41) is 4.97. The predicted octanol–water partition coefficient (Wildman–Crippen LogP) is 1.70. The second-order valence-corrected chi connectivity index (χ2v) is 3.65. The SMILES string of the molecule is O=C1CC[C@H](c2cccs2)N1. The third kappa shape index (κ3) is 1.28. The number of thiophene rings is 1. The predicted molar refractivity (Wildman–Crippen MR) is 44.4 cm³/mol. The molecule has 1 atom stereocenters. The van der Waals surface area contributed by atoms with Gasteiger partial charge in [-0.25, -0.2) is 0 Å². The van der Waals surface area contributed by atoms with Crippen LogP contribution in [-0.2, 0) is 4.79 Å². The van der Waals surface area contributed by atoms with Crippen molar-refractivity contribution in [2.24, 2.45) is 0 Å². The molecule has 11 heavy (non-hydrogen) atoms. The molecule has 0 saturated carbocycles. The number of hydrogen-bond donors (Lipinski definition) is 1. The van der Waals surface area contributed by atoms with E-state index in [0.717, 1.165) is 6.42 Å². The number of amides is 1. The van der Waals surface area contributed by atoms with Crippen molar-refractivity contribution >= 4 is 17.2 Å². The van der Waals surface area contributed by atoms with Gasteiger partial charge >= 0.3 is 0 Å². The van der Waals surface area contributed by atoms with E-state index in [-0.39, 0.29) is 5.91 Å². The highest BCUT2D eigenvalue weighted by Crippen LogP contribution is 2.26. The van der Waals surface area contributed by atoms with Crippen LogP contribution < -0.4 is 5.32 Å². The maximum atomic E-state index is 10.8. The second kappa shape index (κ2) is 2.66. The van der Waals surface area contributed by atoms with Crippen LogP contribution in [0, 0.1) is 0 Å². The van der Waals surface area contributed by atoms with Crippen molar-refractivity contribution in [3.63, 3.8) is 0 Å². The molecule has 1 fully saturated rings. The molecule has 0 aliphatic carbocycles. The van der Waals surface area contributed by atoms with Gasteiger partial charge in [0, 0.05) is 11.3 Å². The highest BCUT2D eigenvalue weighted by atomic mass is 32.1. The molecule has 1 amide bonds.